The van der Waals surface area contributed by atoms with Crippen LogP contribution in [0.4, 0.5) is 0 Å². The average molecular weight is 512 g/mol. The molecule has 1 aliphatic carbocycles. The molecule has 0 spiro atoms. The van der Waals surface area contributed by atoms with Crippen LogP contribution in [0, 0.1) is 5.92 Å². The first-order valence-electron chi connectivity index (χ1n) is 12.6. The second kappa shape index (κ2) is 11.3. The lowest BCUT2D eigenvalue weighted by Crippen LogP contribution is -2.56. The minimum atomic E-state index is -0.784. The summed E-state index contributed by atoms with van der Waals surface area (Å²) in [5.41, 5.74) is 0.890. The number of nitrogens with zero attached hydrogens (tertiary/aromatic N) is 1. The zero-order chi connectivity index (χ0) is 26.6. The Kier molecular flexibility index (Phi) is 8.17. The lowest BCUT2D eigenvalue weighted by Gasteiger charge is -2.52. The Labute approximate surface area is 218 Å². The quantitative estimate of drug-likeness (QED) is 0.517. The summed E-state index contributed by atoms with van der Waals surface area (Å²) in [5, 5.41) is 11.6. The van der Waals surface area contributed by atoms with E-state index >= 15 is 0 Å². The van der Waals surface area contributed by atoms with Gasteiger partial charge in [0, 0.05) is 18.5 Å². The second-order valence-electron chi connectivity index (χ2n) is 9.59. The number of amides is 1. The van der Waals surface area contributed by atoms with Crippen LogP contribution in [0.2, 0.25) is 0 Å². The summed E-state index contributed by atoms with van der Waals surface area (Å²) in [4.78, 5) is 15.5. The molecule has 2 aromatic carbocycles. The summed E-state index contributed by atoms with van der Waals surface area (Å²) in [5.74, 6) is 2.57. The number of hydrogen-bond acceptors (Lipinski definition) is 7. The summed E-state index contributed by atoms with van der Waals surface area (Å²) >= 11 is 0. The number of benzene rings is 2. The van der Waals surface area contributed by atoms with Crippen molar-refractivity contribution in [3.05, 3.63) is 47.5 Å². The van der Waals surface area contributed by atoms with Gasteiger partial charge in [-0.3, -0.25) is 4.79 Å². The van der Waals surface area contributed by atoms with E-state index in [1.165, 1.54) is 0 Å². The first kappa shape index (κ1) is 26.7. The zero-order valence-corrected chi connectivity index (χ0v) is 22.3. The van der Waals surface area contributed by atoms with Crippen LogP contribution >= 0.6 is 0 Å². The third kappa shape index (κ3) is 5.21. The Bertz CT molecular complexity index is 1120. The molecule has 2 aliphatic rings. The largest absolute Gasteiger partial charge is 0.493 e. The maximum absolute atomic E-state index is 13.7. The molecule has 2 aromatic rings. The van der Waals surface area contributed by atoms with Gasteiger partial charge in [-0.15, -0.1) is 0 Å². The first-order valence-corrected chi connectivity index (χ1v) is 12.6. The van der Waals surface area contributed by atoms with Gasteiger partial charge < -0.3 is 33.7 Å². The number of carbonyl (C=O) groups is 1. The highest BCUT2D eigenvalue weighted by Gasteiger charge is 2.50. The Morgan fingerprint density at radius 1 is 0.892 bits per heavy atom. The van der Waals surface area contributed by atoms with Crippen LogP contribution in [0.25, 0.3) is 6.08 Å². The molecule has 0 aromatic heterocycles. The van der Waals surface area contributed by atoms with Crippen LogP contribution in [0.3, 0.4) is 0 Å². The van der Waals surface area contributed by atoms with E-state index in [-0.39, 0.29) is 17.9 Å². The number of aliphatic hydroxyl groups is 1. The van der Waals surface area contributed by atoms with Gasteiger partial charge in [0.2, 0.25) is 11.7 Å². The molecule has 1 N–H and O–H groups in total. The number of carbonyl (C=O) groups excluding carboxylic acids is 1. The molecular formula is C29H37NO7. The summed E-state index contributed by atoms with van der Waals surface area (Å²) < 4.78 is 27.3. The lowest BCUT2D eigenvalue weighted by atomic mass is 9.66. The molecule has 200 valence electrons. The lowest BCUT2D eigenvalue weighted by molar-refractivity contribution is -0.150. The Morgan fingerprint density at radius 3 is 2.19 bits per heavy atom. The van der Waals surface area contributed by atoms with E-state index in [9.17, 15) is 9.90 Å². The molecule has 0 radical (unpaired) electrons. The van der Waals surface area contributed by atoms with E-state index in [0.29, 0.717) is 41.7 Å². The van der Waals surface area contributed by atoms with E-state index in [1.54, 1.807) is 59.8 Å². The van der Waals surface area contributed by atoms with Crippen molar-refractivity contribution in [2.24, 2.45) is 5.92 Å². The van der Waals surface area contributed by atoms with Crippen LogP contribution in [-0.4, -0.2) is 63.6 Å². The van der Waals surface area contributed by atoms with Gasteiger partial charge in [0.05, 0.1) is 47.2 Å². The van der Waals surface area contributed by atoms with Crippen molar-refractivity contribution < 1.29 is 33.6 Å². The highest BCUT2D eigenvalue weighted by molar-refractivity contribution is 5.92. The molecule has 8 heteroatoms. The van der Waals surface area contributed by atoms with Crippen molar-refractivity contribution in [2.45, 2.75) is 43.7 Å². The highest BCUT2D eigenvalue weighted by atomic mass is 16.5. The fraction of sp³-hybridized carbons (Fsp3) is 0.483. The van der Waals surface area contributed by atoms with Gasteiger partial charge in [-0.2, -0.15) is 0 Å². The molecule has 1 amide bonds. The SMILES string of the molecule is COc1ccc([C@H]2[C@@H]3CCCC[C@]3(O)CCN2C(=O)/C=C/c2cc(OC)c(OC)c(OC)c2)cc1OC. The van der Waals surface area contributed by atoms with Crippen LogP contribution in [0.5, 0.6) is 28.7 Å². The minimum Gasteiger partial charge on any atom is -0.493 e. The third-order valence-electron chi connectivity index (χ3n) is 7.71. The number of methoxy groups -OCH3 is 5. The highest BCUT2D eigenvalue weighted by Crippen LogP contribution is 2.50. The summed E-state index contributed by atoms with van der Waals surface area (Å²) in [6.45, 7) is 0.463. The molecule has 0 bridgehead atoms. The van der Waals surface area contributed by atoms with Crippen molar-refractivity contribution in [2.75, 3.05) is 42.1 Å². The van der Waals surface area contributed by atoms with Gasteiger partial charge in [-0.1, -0.05) is 18.9 Å². The predicted octanol–water partition coefficient (Wildman–Crippen LogP) is 4.64. The Morgan fingerprint density at radius 2 is 1.57 bits per heavy atom. The standard InChI is InChI=1S/C29H37NO7/c1-33-22-11-10-20(18-23(22)34-2)27-21-8-6-7-13-29(21,32)14-15-30(27)26(31)12-9-19-16-24(35-3)28(37-5)25(17-19)36-4/h9-12,16-18,21,27,32H,6-8,13-15H2,1-5H3/b12-9+/t21-,27-,29-/m0/s1. The summed E-state index contributed by atoms with van der Waals surface area (Å²) in [6, 6.07) is 9.07. The molecule has 37 heavy (non-hydrogen) atoms. The van der Waals surface area contributed by atoms with Gasteiger partial charge in [0.25, 0.3) is 0 Å². The van der Waals surface area contributed by atoms with Gasteiger partial charge in [0.1, 0.15) is 0 Å². The summed E-state index contributed by atoms with van der Waals surface area (Å²) in [7, 11) is 7.87. The molecule has 1 aliphatic heterocycles. The fourth-order valence-corrected chi connectivity index (χ4v) is 5.84. The number of likely N-dealkylation sites (tertiary alicyclic amines) is 1. The zero-order valence-electron chi connectivity index (χ0n) is 22.3. The number of piperidine rings is 1. The topological polar surface area (TPSA) is 86.7 Å². The van der Waals surface area contributed by atoms with E-state index in [1.807, 2.05) is 23.1 Å². The minimum absolute atomic E-state index is 0.0633. The van der Waals surface area contributed by atoms with Crippen molar-refractivity contribution in [3.63, 3.8) is 0 Å². The van der Waals surface area contributed by atoms with Crippen molar-refractivity contribution in [3.8, 4) is 28.7 Å². The van der Waals surface area contributed by atoms with E-state index < -0.39 is 5.60 Å². The Hall–Kier alpha value is -3.39. The third-order valence-corrected chi connectivity index (χ3v) is 7.71. The molecule has 0 unspecified atom stereocenters. The molecule has 2 fully saturated rings. The molecule has 1 saturated heterocycles. The van der Waals surface area contributed by atoms with Gasteiger partial charge in [-0.05, 0) is 60.7 Å². The Balaban J connectivity index is 1.69. The van der Waals surface area contributed by atoms with Gasteiger partial charge >= 0.3 is 0 Å². The van der Waals surface area contributed by atoms with E-state index in [4.69, 9.17) is 23.7 Å². The van der Waals surface area contributed by atoms with Gasteiger partial charge in [-0.25, -0.2) is 0 Å². The maximum Gasteiger partial charge on any atom is 0.247 e. The molecule has 1 saturated carbocycles. The van der Waals surface area contributed by atoms with Crippen LogP contribution in [-0.2, 0) is 4.79 Å². The molecule has 3 atom stereocenters. The van der Waals surface area contributed by atoms with Crippen molar-refractivity contribution in [1.82, 2.24) is 4.90 Å². The maximum atomic E-state index is 13.7. The molecule has 8 nitrogen and oxygen atoms in total. The normalized spacial score (nSPS) is 23.4. The van der Waals surface area contributed by atoms with Crippen LogP contribution in [0.1, 0.15) is 49.3 Å². The van der Waals surface area contributed by atoms with Crippen molar-refractivity contribution >= 4 is 12.0 Å². The molecule has 1 heterocycles. The van der Waals surface area contributed by atoms with Crippen LogP contribution < -0.4 is 23.7 Å². The van der Waals surface area contributed by atoms with Gasteiger partial charge in [0.15, 0.2) is 23.0 Å². The van der Waals surface area contributed by atoms with Crippen molar-refractivity contribution in [1.29, 1.82) is 0 Å². The summed E-state index contributed by atoms with van der Waals surface area (Å²) in [6.07, 6.45) is 7.52. The fourth-order valence-electron chi connectivity index (χ4n) is 5.84. The smallest absolute Gasteiger partial charge is 0.247 e. The molecule has 4 rings (SSSR count). The van der Waals surface area contributed by atoms with E-state index in [0.717, 1.165) is 36.8 Å². The number of hydrogen-bond donors (Lipinski definition) is 1. The number of ether oxygens (including phenoxy) is 5. The van der Waals surface area contributed by atoms with E-state index in [2.05, 4.69) is 0 Å². The van der Waals surface area contributed by atoms with Crippen LogP contribution in [0.15, 0.2) is 36.4 Å². The predicted molar refractivity (Wildman–Crippen MR) is 141 cm³/mol. The number of fused-ring (bicyclic) bond motifs is 1. The average Bonchev–Trinajstić information content (AvgIpc) is 2.93. The number of rotatable bonds is 8. The monoisotopic (exact) mass is 511 g/mol. The molecular weight excluding hydrogens is 474 g/mol. The first-order chi connectivity index (χ1) is 17.9. The second-order valence-corrected chi connectivity index (χ2v) is 9.59.